The summed E-state index contributed by atoms with van der Waals surface area (Å²) >= 11 is 0. The molecule has 0 saturated carbocycles. The molecule has 2 aromatic rings. The van der Waals surface area contributed by atoms with Gasteiger partial charge in [-0.25, -0.2) is 4.79 Å². The average molecular weight is 366 g/mol. The number of rotatable bonds is 7. The Balaban J connectivity index is 1.56. The minimum absolute atomic E-state index is 0.197. The normalized spacial score (nSPS) is 12.7. The zero-order valence-electron chi connectivity index (χ0n) is 15.5. The highest BCUT2D eigenvalue weighted by Crippen LogP contribution is 2.28. The summed E-state index contributed by atoms with van der Waals surface area (Å²) in [5.41, 5.74) is 3.88. The SMILES string of the molecule is COc1ccc(/C=C/C(=O)OCC(=O)c2ccc3c(c2)CCC3)cc1OC. The molecule has 0 fully saturated rings. The summed E-state index contributed by atoms with van der Waals surface area (Å²) in [6.07, 6.45) is 6.09. The largest absolute Gasteiger partial charge is 0.493 e. The second-order valence-electron chi connectivity index (χ2n) is 6.32. The van der Waals surface area contributed by atoms with Crippen LogP contribution >= 0.6 is 0 Å². The predicted octanol–water partition coefficient (Wildman–Crippen LogP) is 3.63. The summed E-state index contributed by atoms with van der Waals surface area (Å²) in [7, 11) is 3.10. The number of methoxy groups -OCH3 is 2. The fraction of sp³-hybridized carbons (Fsp3) is 0.273. The Morgan fingerprint density at radius 2 is 1.74 bits per heavy atom. The number of esters is 1. The first kappa shape index (κ1) is 18.7. The number of Topliss-reactive ketones (excluding diaryl/α,β-unsaturated/α-hetero) is 1. The Bertz CT molecular complexity index is 882. The molecular formula is C22H22O5. The number of ketones is 1. The van der Waals surface area contributed by atoms with Crippen LogP contribution in [-0.4, -0.2) is 32.6 Å². The van der Waals surface area contributed by atoms with E-state index in [-0.39, 0.29) is 12.4 Å². The summed E-state index contributed by atoms with van der Waals surface area (Å²) < 4.78 is 15.5. The third-order valence-corrected chi connectivity index (χ3v) is 4.59. The molecule has 0 N–H and O–H groups in total. The van der Waals surface area contributed by atoms with E-state index >= 15 is 0 Å². The topological polar surface area (TPSA) is 61.8 Å². The van der Waals surface area contributed by atoms with Gasteiger partial charge in [0, 0.05) is 11.6 Å². The summed E-state index contributed by atoms with van der Waals surface area (Å²) in [6.45, 7) is -0.270. The molecule has 0 spiro atoms. The lowest BCUT2D eigenvalue weighted by atomic mass is 10.0. The Morgan fingerprint density at radius 3 is 2.52 bits per heavy atom. The number of hydrogen-bond acceptors (Lipinski definition) is 5. The van der Waals surface area contributed by atoms with E-state index in [4.69, 9.17) is 14.2 Å². The molecule has 0 unspecified atom stereocenters. The molecule has 140 valence electrons. The molecule has 27 heavy (non-hydrogen) atoms. The van der Waals surface area contributed by atoms with Gasteiger partial charge in [0.1, 0.15) is 0 Å². The number of fused-ring (bicyclic) bond motifs is 1. The van der Waals surface area contributed by atoms with E-state index in [0.717, 1.165) is 24.8 Å². The van der Waals surface area contributed by atoms with Crippen LogP contribution in [-0.2, 0) is 22.4 Å². The van der Waals surface area contributed by atoms with Crippen LogP contribution < -0.4 is 9.47 Å². The summed E-state index contributed by atoms with van der Waals surface area (Å²) in [6, 6.07) is 11.0. The lowest BCUT2D eigenvalue weighted by molar-refractivity contribution is -0.136. The maximum absolute atomic E-state index is 12.2. The minimum atomic E-state index is -0.570. The van der Waals surface area contributed by atoms with E-state index in [2.05, 4.69) is 0 Å². The van der Waals surface area contributed by atoms with Crippen molar-refractivity contribution in [2.24, 2.45) is 0 Å². The van der Waals surface area contributed by atoms with Gasteiger partial charge in [-0.1, -0.05) is 18.2 Å². The Morgan fingerprint density at radius 1 is 0.963 bits per heavy atom. The van der Waals surface area contributed by atoms with Crippen molar-refractivity contribution in [1.82, 2.24) is 0 Å². The molecule has 0 radical (unpaired) electrons. The number of ether oxygens (including phenoxy) is 3. The van der Waals surface area contributed by atoms with Gasteiger partial charge in [-0.3, -0.25) is 4.79 Å². The van der Waals surface area contributed by atoms with Crippen molar-refractivity contribution in [3.05, 3.63) is 64.7 Å². The molecule has 0 aromatic heterocycles. The van der Waals surface area contributed by atoms with E-state index in [0.29, 0.717) is 17.1 Å². The molecule has 1 aliphatic carbocycles. The van der Waals surface area contributed by atoms with E-state index in [1.165, 1.54) is 17.2 Å². The van der Waals surface area contributed by atoms with Crippen LogP contribution in [0.5, 0.6) is 11.5 Å². The second-order valence-corrected chi connectivity index (χ2v) is 6.32. The number of hydrogen-bond donors (Lipinski definition) is 0. The molecule has 3 rings (SSSR count). The van der Waals surface area contributed by atoms with E-state index < -0.39 is 5.97 Å². The first-order valence-corrected chi connectivity index (χ1v) is 8.82. The third kappa shape index (κ3) is 4.56. The molecule has 2 aromatic carbocycles. The minimum Gasteiger partial charge on any atom is -0.493 e. The van der Waals surface area contributed by atoms with Gasteiger partial charge in [0.05, 0.1) is 14.2 Å². The zero-order chi connectivity index (χ0) is 19.2. The van der Waals surface area contributed by atoms with Crippen LogP contribution in [0.1, 0.15) is 33.5 Å². The number of benzene rings is 2. The van der Waals surface area contributed by atoms with E-state index in [1.807, 2.05) is 12.1 Å². The zero-order valence-corrected chi connectivity index (χ0v) is 15.5. The van der Waals surface area contributed by atoms with Gasteiger partial charge in [0.15, 0.2) is 23.9 Å². The summed E-state index contributed by atoms with van der Waals surface area (Å²) in [5.74, 6) is 0.411. The monoisotopic (exact) mass is 366 g/mol. The molecule has 5 heteroatoms. The first-order chi connectivity index (χ1) is 13.1. The smallest absolute Gasteiger partial charge is 0.331 e. The fourth-order valence-corrected chi connectivity index (χ4v) is 3.13. The van der Waals surface area contributed by atoms with Crippen molar-refractivity contribution >= 4 is 17.8 Å². The van der Waals surface area contributed by atoms with Gasteiger partial charge < -0.3 is 14.2 Å². The van der Waals surface area contributed by atoms with Crippen LogP contribution in [0, 0.1) is 0 Å². The summed E-state index contributed by atoms with van der Waals surface area (Å²) in [4.78, 5) is 24.1. The number of carbonyl (C=O) groups is 2. The number of carbonyl (C=O) groups excluding carboxylic acids is 2. The van der Waals surface area contributed by atoms with Crippen molar-refractivity contribution in [2.45, 2.75) is 19.3 Å². The Kier molecular flexibility index (Phi) is 5.91. The highest BCUT2D eigenvalue weighted by Gasteiger charge is 2.14. The first-order valence-electron chi connectivity index (χ1n) is 8.82. The Hall–Kier alpha value is -3.08. The van der Waals surface area contributed by atoms with Gasteiger partial charge in [-0.05, 0) is 60.2 Å². The van der Waals surface area contributed by atoms with Crippen molar-refractivity contribution in [3.8, 4) is 11.5 Å². The maximum atomic E-state index is 12.2. The maximum Gasteiger partial charge on any atom is 0.331 e. The third-order valence-electron chi connectivity index (χ3n) is 4.59. The van der Waals surface area contributed by atoms with Crippen molar-refractivity contribution < 1.29 is 23.8 Å². The lowest BCUT2D eigenvalue weighted by Crippen LogP contribution is -2.12. The molecule has 0 heterocycles. The molecule has 1 aliphatic rings. The van der Waals surface area contributed by atoms with Crippen LogP contribution in [0.4, 0.5) is 0 Å². The van der Waals surface area contributed by atoms with Crippen molar-refractivity contribution in [3.63, 3.8) is 0 Å². The van der Waals surface area contributed by atoms with Crippen LogP contribution in [0.25, 0.3) is 6.08 Å². The standard InChI is InChI=1S/C22H22O5/c1-25-20-10-6-15(12-21(20)26-2)7-11-22(24)27-14-19(23)18-9-8-16-4-3-5-17(16)13-18/h6-13H,3-5,14H2,1-2H3/b11-7+. The molecule has 0 bridgehead atoms. The second kappa shape index (κ2) is 8.54. The van der Waals surface area contributed by atoms with Crippen molar-refractivity contribution in [2.75, 3.05) is 20.8 Å². The van der Waals surface area contributed by atoms with Gasteiger partial charge in [0.2, 0.25) is 0 Å². The van der Waals surface area contributed by atoms with Gasteiger partial charge in [0.25, 0.3) is 0 Å². The molecule has 0 atom stereocenters. The molecular weight excluding hydrogens is 344 g/mol. The average Bonchev–Trinajstić information content (AvgIpc) is 3.17. The number of aryl methyl sites for hydroxylation is 2. The Labute approximate surface area is 158 Å². The van der Waals surface area contributed by atoms with E-state index in [1.54, 1.807) is 44.6 Å². The highest BCUT2D eigenvalue weighted by molar-refractivity contribution is 5.99. The summed E-state index contributed by atoms with van der Waals surface area (Å²) in [5, 5.41) is 0. The van der Waals surface area contributed by atoms with Crippen LogP contribution in [0.3, 0.4) is 0 Å². The molecule has 5 nitrogen and oxygen atoms in total. The predicted molar refractivity (Wildman–Crippen MR) is 102 cm³/mol. The lowest BCUT2D eigenvalue weighted by Gasteiger charge is -2.07. The highest BCUT2D eigenvalue weighted by atomic mass is 16.5. The van der Waals surface area contributed by atoms with Crippen molar-refractivity contribution in [1.29, 1.82) is 0 Å². The molecule has 0 saturated heterocycles. The molecule has 0 aliphatic heterocycles. The van der Waals surface area contributed by atoms with Gasteiger partial charge >= 0.3 is 5.97 Å². The van der Waals surface area contributed by atoms with Crippen LogP contribution in [0.15, 0.2) is 42.5 Å². The quantitative estimate of drug-likeness (QED) is 0.425. The fourth-order valence-electron chi connectivity index (χ4n) is 3.13. The molecule has 0 amide bonds. The van der Waals surface area contributed by atoms with Gasteiger partial charge in [-0.2, -0.15) is 0 Å². The van der Waals surface area contributed by atoms with Crippen LogP contribution in [0.2, 0.25) is 0 Å². The van der Waals surface area contributed by atoms with E-state index in [9.17, 15) is 9.59 Å². The van der Waals surface area contributed by atoms with Gasteiger partial charge in [-0.15, -0.1) is 0 Å².